The Morgan fingerprint density at radius 3 is 2.43 bits per heavy atom. The fourth-order valence-electron chi connectivity index (χ4n) is 4.15. The summed E-state index contributed by atoms with van der Waals surface area (Å²) < 4.78 is 12.9. The van der Waals surface area contributed by atoms with Crippen molar-refractivity contribution >= 4 is 15.9 Å². The second-order valence-corrected chi connectivity index (χ2v) is 7.91. The average molecular weight is 382 g/mol. The van der Waals surface area contributed by atoms with Crippen molar-refractivity contribution in [1.29, 1.82) is 0 Å². The molecule has 2 saturated carbocycles. The number of rotatable bonds is 5. The largest absolute Gasteiger partial charge is 0.493 e. The molecule has 4 heteroatoms. The molecular formula is C19H28BrNO2. The molecule has 0 atom stereocenters. The van der Waals surface area contributed by atoms with Crippen molar-refractivity contribution in [3.8, 4) is 11.5 Å². The Morgan fingerprint density at radius 1 is 1.13 bits per heavy atom. The molecule has 3 rings (SSSR count). The summed E-state index contributed by atoms with van der Waals surface area (Å²) in [6, 6.07) is 4.37. The van der Waals surface area contributed by atoms with Crippen LogP contribution in [0.15, 0.2) is 16.6 Å². The van der Waals surface area contributed by atoms with Gasteiger partial charge in [0.05, 0.1) is 17.7 Å². The van der Waals surface area contributed by atoms with Gasteiger partial charge in [0.25, 0.3) is 0 Å². The minimum Gasteiger partial charge on any atom is -0.493 e. The molecule has 2 fully saturated rings. The fourth-order valence-corrected chi connectivity index (χ4v) is 4.69. The smallest absolute Gasteiger partial charge is 0.175 e. The summed E-state index contributed by atoms with van der Waals surface area (Å²) in [6.07, 6.45) is 11.3. The summed E-state index contributed by atoms with van der Waals surface area (Å²) in [6.45, 7) is 0.700. The highest BCUT2D eigenvalue weighted by Crippen LogP contribution is 2.45. The Kier molecular flexibility index (Phi) is 5.53. The minimum absolute atomic E-state index is 0.0972. The Hall–Kier alpha value is -0.740. The molecule has 3 nitrogen and oxygen atoms in total. The molecule has 0 aliphatic heterocycles. The summed E-state index contributed by atoms with van der Waals surface area (Å²) in [5.41, 5.74) is 7.59. The topological polar surface area (TPSA) is 44.5 Å². The first-order valence-corrected chi connectivity index (χ1v) is 9.72. The van der Waals surface area contributed by atoms with Gasteiger partial charge in [-0.15, -0.1) is 0 Å². The molecule has 0 radical (unpaired) electrons. The quantitative estimate of drug-likeness (QED) is 0.785. The van der Waals surface area contributed by atoms with E-state index in [1.165, 1.54) is 50.5 Å². The number of benzene rings is 1. The molecule has 0 aromatic heterocycles. The summed E-state index contributed by atoms with van der Waals surface area (Å²) in [7, 11) is 1.73. The van der Waals surface area contributed by atoms with Gasteiger partial charge in [-0.1, -0.05) is 19.3 Å². The number of nitrogens with two attached hydrogens (primary N) is 1. The number of methoxy groups -OCH3 is 1. The van der Waals surface area contributed by atoms with Gasteiger partial charge in [0, 0.05) is 12.0 Å². The molecule has 0 heterocycles. The van der Waals surface area contributed by atoms with Crippen molar-refractivity contribution in [2.75, 3.05) is 13.7 Å². The zero-order valence-electron chi connectivity index (χ0n) is 14.1. The lowest BCUT2D eigenvalue weighted by Gasteiger charge is -2.37. The third-order valence-electron chi connectivity index (χ3n) is 5.63. The molecule has 1 aromatic rings. The molecule has 0 saturated heterocycles. The van der Waals surface area contributed by atoms with E-state index in [9.17, 15) is 0 Å². The van der Waals surface area contributed by atoms with Gasteiger partial charge in [0.2, 0.25) is 0 Å². The van der Waals surface area contributed by atoms with Crippen LogP contribution < -0.4 is 15.2 Å². The van der Waals surface area contributed by atoms with Gasteiger partial charge in [-0.25, -0.2) is 0 Å². The number of hydrogen-bond acceptors (Lipinski definition) is 3. The van der Waals surface area contributed by atoms with Crippen LogP contribution in [0.5, 0.6) is 11.5 Å². The monoisotopic (exact) mass is 381 g/mol. The van der Waals surface area contributed by atoms with Crippen LogP contribution in [-0.2, 0) is 5.41 Å². The van der Waals surface area contributed by atoms with Crippen molar-refractivity contribution in [3.05, 3.63) is 22.2 Å². The number of hydrogen-bond donors (Lipinski definition) is 1. The fraction of sp³-hybridized carbons (Fsp3) is 0.684. The molecule has 2 N–H and O–H groups in total. The minimum atomic E-state index is 0.0972. The van der Waals surface area contributed by atoms with Crippen LogP contribution in [0.1, 0.15) is 63.4 Å². The highest BCUT2D eigenvalue weighted by atomic mass is 79.9. The molecule has 0 bridgehead atoms. The molecule has 0 amide bonds. The third-order valence-corrected chi connectivity index (χ3v) is 6.22. The zero-order valence-corrected chi connectivity index (χ0v) is 15.7. The standard InChI is InChI=1S/C19H28BrNO2/c1-22-17-12-14(19(13-21)9-5-2-6-10-19)11-16(20)18(17)23-15-7-3-4-8-15/h11-12,15H,2-10,13,21H2,1H3. The van der Waals surface area contributed by atoms with Crippen LogP contribution in [0.4, 0.5) is 0 Å². The molecule has 0 unspecified atom stereocenters. The Labute approximate surface area is 148 Å². The summed E-state index contributed by atoms with van der Waals surface area (Å²) >= 11 is 3.72. The van der Waals surface area contributed by atoms with E-state index in [0.29, 0.717) is 12.6 Å². The van der Waals surface area contributed by atoms with E-state index in [4.69, 9.17) is 15.2 Å². The maximum absolute atomic E-state index is 6.23. The lowest BCUT2D eigenvalue weighted by Crippen LogP contribution is -2.37. The molecular weight excluding hydrogens is 354 g/mol. The van der Waals surface area contributed by atoms with Crippen LogP contribution in [0.2, 0.25) is 0 Å². The molecule has 23 heavy (non-hydrogen) atoms. The Bertz CT molecular complexity index is 534. The first-order chi connectivity index (χ1) is 11.2. The summed E-state index contributed by atoms with van der Waals surface area (Å²) in [4.78, 5) is 0. The Morgan fingerprint density at radius 2 is 1.83 bits per heavy atom. The summed E-state index contributed by atoms with van der Waals surface area (Å²) in [5.74, 6) is 1.69. The maximum atomic E-state index is 6.23. The van der Waals surface area contributed by atoms with Crippen molar-refractivity contribution in [2.24, 2.45) is 5.73 Å². The van der Waals surface area contributed by atoms with E-state index in [0.717, 1.165) is 28.8 Å². The van der Waals surface area contributed by atoms with Crippen LogP contribution >= 0.6 is 15.9 Å². The van der Waals surface area contributed by atoms with Crippen LogP contribution in [-0.4, -0.2) is 19.8 Å². The maximum Gasteiger partial charge on any atom is 0.175 e. The highest BCUT2D eigenvalue weighted by molar-refractivity contribution is 9.10. The SMILES string of the molecule is COc1cc(C2(CN)CCCCC2)cc(Br)c1OC1CCCC1. The predicted octanol–water partition coefficient (Wildman–Crippen LogP) is 4.94. The van der Waals surface area contributed by atoms with E-state index in [2.05, 4.69) is 28.1 Å². The lowest BCUT2D eigenvalue weighted by molar-refractivity contribution is 0.199. The normalized spacial score (nSPS) is 21.3. The highest BCUT2D eigenvalue weighted by Gasteiger charge is 2.34. The average Bonchev–Trinajstić information content (AvgIpc) is 3.10. The number of ether oxygens (including phenoxy) is 2. The first-order valence-electron chi connectivity index (χ1n) is 8.93. The van der Waals surface area contributed by atoms with Gasteiger partial charge >= 0.3 is 0 Å². The van der Waals surface area contributed by atoms with Crippen LogP contribution in [0.3, 0.4) is 0 Å². The third kappa shape index (κ3) is 3.53. The van der Waals surface area contributed by atoms with Crippen molar-refractivity contribution < 1.29 is 9.47 Å². The van der Waals surface area contributed by atoms with E-state index in [1.807, 2.05) is 0 Å². The molecule has 2 aliphatic carbocycles. The molecule has 1 aromatic carbocycles. The van der Waals surface area contributed by atoms with Crippen molar-refractivity contribution in [3.63, 3.8) is 0 Å². The molecule has 0 spiro atoms. The van der Waals surface area contributed by atoms with Gasteiger partial charge in [-0.05, 0) is 72.2 Å². The Balaban J connectivity index is 1.92. The van der Waals surface area contributed by atoms with Gasteiger partial charge in [-0.3, -0.25) is 0 Å². The van der Waals surface area contributed by atoms with Gasteiger partial charge < -0.3 is 15.2 Å². The van der Waals surface area contributed by atoms with Crippen molar-refractivity contribution in [2.45, 2.75) is 69.3 Å². The van der Waals surface area contributed by atoms with E-state index < -0.39 is 0 Å². The van der Waals surface area contributed by atoms with Gasteiger partial charge in [0.1, 0.15) is 0 Å². The first kappa shape index (κ1) is 17.1. The molecule has 128 valence electrons. The second kappa shape index (κ2) is 7.43. The summed E-state index contributed by atoms with van der Waals surface area (Å²) in [5, 5.41) is 0. The van der Waals surface area contributed by atoms with Gasteiger partial charge in [0.15, 0.2) is 11.5 Å². The van der Waals surface area contributed by atoms with E-state index in [-0.39, 0.29) is 5.41 Å². The zero-order chi connectivity index (χ0) is 16.3. The van der Waals surface area contributed by atoms with Crippen molar-refractivity contribution in [1.82, 2.24) is 0 Å². The lowest BCUT2D eigenvalue weighted by atomic mass is 9.69. The van der Waals surface area contributed by atoms with E-state index >= 15 is 0 Å². The van der Waals surface area contributed by atoms with E-state index in [1.54, 1.807) is 7.11 Å². The van der Waals surface area contributed by atoms with Crippen LogP contribution in [0, 0.1) is 0 Å². The number of halogens is 1. The van der Waals surface area contributed by atoms with Gasteiger partial charge in [-0.2, -0.15) is 0 Å². The van der Waals surface area contributed by atoms with Crippen LogP contribution in [0.25, 0.3) is 0 Å². The predicted molar refractivity (Wildman–Crippen MR) is 97.4 cm³/mol. The molecule has 2 aliphatic rings. The second-order valence-electron chi connectivity index (χ2n) is 7.06.